The molecule has 0 aromatic carbocycles. The number of likely N-dealkylation sites (tertiary alicyclic amines) is 1. The van der Waals surface area contributed by atoms with Crippen molar-refractivity contribution < 1.29 is 9.90 Å². The summed E-state index contributed by atoms with van der Waals surface area (Å²) in [5.74, 6) is -0.280. The van der Waals surface area contributed by atoms with Crippen LogP contribution in [0.5, 0.6) is 0 Å². The van der Waals surface area contributed by atoms with Gasteiger partial charge in [-0.3, -0.25) is 4.79 Å². The van der Waals surface area contributed by atoms with Crippen LogP contribution in [-0.2, 0) is 4.79 Å². The van der Waals surface area contributed by atoms with Gasteiger partial charge in [0.15, 0.2) is 0 Å². The van der Waals surface area contributed by atoms with E-state index in [4.69, 9.17) is 5.11 Å². The van der Waals surface area contributed by atoms with Crippen LogP contribution in [-0.4, -0.2) is 35.6 Å². The van der Waals surface area contributed by atoms with Gasteiger partial charge in [0, 0.05) is 13.0 Å². The van der Waals surface area contributed by atoms with Crippen LogP contribution in [0.15, 0.2) is 12.7 Å². The molecule has 0 aromatic rings. The minimum absolute atomic E-state index is 0.340. The van der Waals surface area contributed by atoms with Gasteiger partial charge in [0.1, 0.15) is 0 Å². The lowest BCUT2D eigenvalue weighted by Gasteiger charge is -2.32. The number of nitrogens with zero attached hydrogens (tertiary/aromatic N) is 1. The number of aliphatic carboxylic acids is 1. The Balaban J connectivity index is 2.11. The van der Waals surface area contributed by atoms with Gasteiger partial charge >= 0.3 is 5.97 Å². The monoisotopic (exact) mass is 239 g/mol. The number of rotatable bonds is 8. The molecule has 1 aliphatic rings. The van der Waals surface area contributed by atoms with Crippen molar-refractivity contribution in [2.45, 2.75) is 44.9 Å². The zero-order valence-corrected chi connectivity index (χ0v) is 10.7. The van der Waals surface area contributed by atoms with Gasteiger partial charge in [0.25, 0.3) is 0 Å². The van der Waals surface area contributed by atoms with Crippen molar-refractivity contribution in [1.29, 1.82) is 0 Å². The Bertz CT molecular complexity index is 240. The maximum Gasteiger partial charge on any atom is 0.303 e. The molecule has 98 valence electrons. The number of allylic oxidation sites excluding steroid dienone is 1. The van der Waals surface area contributed by atoms with Gasteiger partial charge in [-0.2, -0.15) is 0 Å². The summed E-state index contributed by atoms with van der Waals surface area (Å²) >= 11 is 0. The van der Waals surface area contributed by atoms with Crippen LogP contribution in [0.2, 0.25) is 0 Å². The number of unbranched alkanes of at least 4 members (excludes halogenated alkanes) is 3. The van der Waals surface area contributed by atoms with Crippen LogP contribution in [0.3, 0.4) is 0 Å². The van der Waals surface area contributed by atoms with Crippen molar-refractivity contribution in [2.75, 3.05) is 19.6 Å². The Labute approximate surface area is 105 Å². The molecule has 3 heteroatoms. The largest absolute Gasteiger partial charge is 0.481 e. The molecule has 1 fully saturated rings. The van der Waals surface area contributed by atoms with Crippen LogP contribution >= 0.6 is 0 Å². The highest BCUT2D eigenvalue weighted by Gasteiger charge is 2.21. The van der Waals surface area contributed by atoms with E-state index < -0.39 is 5.97 Å². The Hall–Kier alpha value is -0.830. The minimum Gasteiger partial charge on any atom is -0.481 e. The smallest absolute Gasteiger partial charge is 0.303 e. The van der Waals surface area contributed by atoms with Crippen LogP contribution in [0.1, 0.15) is 44.9 Å². The molecular formula is C14H25NO2. The van der Waals surface area contributed by atoms with Crippen molar-refractivity contribution in [3.8, 4) is 0 Å². The number of piperidine rings is 1. The number of hydrogen-bond donors (Lipinski definition) is 1. The third-order valence-electron chi connectivity index (χ3n) is 3.45. The van der Waals surface area contributed by atoms with Crippen molar-refractivity contribution in [2.24, 2.45) is 5.92 Å². The molecule has 3 nitrogen and oxygen atoms in total. The predicted octanol–water partition coefficient (Wildman–Crippen LogP) is 2.92. The van der Waals surface area contributed by atoms with E-state index in [-0.39, 0.29) is 0 Å². The Morgan fingerprint density at radius 1 is 1.41 bits per heavy atom. The van der Waals surface area contributed by atoms with E-state index in [0.29, 0.717) is 12.3 Å². The first-order valence-corrected chi connectivity index (χ1v) is 6.77. The fourth-order valence-corrected chi connectivity index (χ4v) is 2.57. The quantitative estimate of drug-likeness (QED) is 0.523. The van der Waals surface area contributed by atoms with E-state index in [1.54, 1.807) is 0 Å². The number of hydrogen-bond acceptors (Lipinski definition) is 2. The summed E-state index contributed by atoms with van der Waals surface area (Å²) in [6.45, 7) is 6.98. The zero-order valence-electron chi connectivity index (χ0n) is 10.7. The molecule has 1 unspecified atom stereocenters. The molecule has 1 heterocycles. The maximum atomic E-state index is 10.7. The van der Waals surface area contributed by atoms with E-state index in [1.165, 1.54) is 19.3 Å². The minimum atomic E-state index is -0.650. The summed E-state index contributed by atoms with van der Waals surface area (Å²) in [4.78, 5) is 13.1. The van der Waals surface area contributed by atoms with Crippen molar-refractivity contribution in [3.05, 3.63) is 12.7 Å². The first kappa shape index (κ1) is 14.2. The second kappa shape index (κ2) is 8.29. The van der Waals surface area contributed by atoms with E-state index in [1.807, 2.05) is 6.08 Å². The van der Waals surface area contributed by atoms with Crippen LogP contribution in [0.4, 0.5) is 0 Å². The number of carbonyl (C=O) groups is 1. The first-order valence-electron chi connectivity index (χ1n) is 6.77. The third kappa shape index (κ3) is 6.47. The van der Waals surface area contributed by atoms with Gasteiger partial charge in [-0.05, 0) is 51.1 Å². The molecule has 0 amide bonds. The van der Waals surface area contributed by atoms with Gasteiger partial charge in [-0.15, -0.1) is 6.58 Å². The van der Waals surface area contributed by atoms with E-state index in [9.17, 15) is 4.79 Å². The molecule has 1 saturated heterocycles. The molecule has 0 aromatic heterocycles. The molecule has 1 rings (SSSR count). The lowest BCUT2D eigenvalue weighted by atomic mass is 9.94. The Morgan fingerprint density at radius 3 is 2.94 bits per heavy atom. The maximum absolute atomic E-state index is 10.7. The molecule has 0 spiro atoms. The lowest BCUT2D eigenvalue weighted by molar-refractivity contribution is -0.138. The normalized spacial score (nSPS) is 21.3. The summed E-state index contributed by atoms with van der Waals surface area (Å²) in [6, 6.07) is 0. The van der Waals surface area contributed by atoms with E-state index in [0.717, 1.165) is 38.9 Å². The van der Waals surface area contributed by atoms with E-state index in [2.05, 4.69) is 11.5 Å². The molecular weight excluding hydrogens is 214 g/mol. The highest BCUT2D eigenvalue weighted by atomic mass is 16.4. The zero-order chi connectivity index (χ0) is 12.5. The van der Waals surface area contributed by atoms with Crippen molar-refractivity contribution >= 4 is 5.97 Å². The standard InChI is InChI=1S/C14H25NO2/c1-2-3-4-5-6-9-15-10-7-8-13(12-15)11-14(16)17/h2,13H,1,3-12H2,(H,16,17). The van der Waals surface area contributed by atoms with Crippen LogP contribution in [0.25, 0.3) is 0 Å². The fourth-order valence-electron chi connectivity index (χ4n) is 2.57. The molecule has 17 heavy (non-hydrogen) atoms. The SMILES string of the molecule is C=CCCCCCN1CCCC(CC(=O)O)C1. The summed E-state index contributed by atoms with van der Waals surface area (Å²) in [6.07, 6.45) is 9.39. The van der Waals surface area contributed by atoms with Gasteiger partial charge in [0.05, 0.1) is 0 Å². The molecule has 0 saturated carbocycles. The number of carboxylic acids is 1. The highest BCUT2D eigenvalue weighted by molar-refractivity contribution is 5.67. The molecule has 0 radical (unpaired) electrons. The summed E-state index contributed by atoms with van der Waals surface area (Å²) in [5, 5.41) is 8.80. The number of carboxylic acid groups (broad SMARTS) is 1. The Morgan fingerprint density at radius 2 is 2.24 bits per heavy atom. The summed E-state index contributed by atoms with van der Waals surface area (Å²) < 4.78 is 0. The molecule has 1 atom stereocenters. The first-order chi connectivity index (χ1) is 8.22. The average Bonchev–Trinajstić information content (AvgIpc) is 2.28. The molecule has 1 N–H and O–H groups in total. The molecule has 1 aliphatic heterocycles. The van der Waals surface area contributed by atoms with Gasteiger partial charge in [-0.1, -0.05) is 12.5 Å². The van der Waals surface area contributed by atoms with Crippen molar-refractivity contribution in [1.82, 2.24) is 4.90 Å². The summed E-state index contributed by atoms with van der Waals surface area (Å²) in [7, 11) is 0. The van der Waals surface area contributed by atoms with Gasteiger partial charge < -0.3 is 10.0 Å². The van der Waals surface area contributed by atoms with Gasteiger partial charge in [-0.25, -0.2) is 0 Å². The third-order valence-corrected chi connectivity index (χ3v) is 3.45. The van der Waals surface area contributed by atoms with E-state index >= 15 is 0 Å². The van der Waals surface area contributed by atoms with Crippen molar-refractivity contribution in [3.63, 3.8) is 0 Å². The lowest BCUT2D eigenvalue weighted by Crippen LogP contribution is -2.36. The Kier molecular flexibility index (Phi) is 6.94. The highest BCUT2D eigenvalue weighted by Crippen LogP contribution is 2.20. The predicted molar refractivity (Wildman–Crippen MR) is 70.1 cm³/mol. The van der Waals surface area contributed by atoms with Crippen LogP contribution in [0, 0.1) is 5.92 Å². The fraction of sp³-hybridized carbons (Fsp3) is 0.786. The summed E-state index contributed by atoms with van der Waals surface area (Å²) in [5.41, 5.74) is 0. The second-order valence-corrected chi connectivity index (χ2v) is 5.04. The van der Waals surface area contributed by atoms with Crippen LogP contribution < -0.4 is 0 Å². The second-order valence-electron chi connectivity index (χ2n) is 5.04. The molecule has 0 bridgehead atoms. The topological polar surface area (TPSA) is 40.5 Å². The molecule has 0 aliphatic carbocycles. The average molecular weight is 239 g/mol. The van der Waals surface area contributed by atoms with Gasteiger partial charge in [0.2, 0.25) is 0 Å².